The molecule has 9 heteroatoms. The SMILES string of the molecule is Cc1ccc(NC(=O)N2CCNCC2COc2cccnc2)cc1C(F)(F)F. The quantitative estimate of drug-likeness (QED) is 0.835. The smallest absolute Gasteiger partial charge is 0.416 e. The van der Waals surface area contributed by atoms with Gasteiger partial charge >= 0.3 is 12.2 Å². The van der Waals surface area contributed by atoms with Gasteiger partial charge in [0.05, 0.1) is 17.8 Å². The number of amides is 2. The minimum atomic E-state index is -4.47. The second-order valence-corrected chi connectivity index (χ2v) is 6.51. The number of carbonyl (C=O) groups is 1. The normalized spacial score (nSPS) is 17.3. The van der Waals surface area contributed by atoms with E-state index in [1.54, 1.807) is 29.4 Å². The minimum absolute atomic E-state index is 0.105. The van der Waals surface area contributed by atoms with Crippen molar-refractivity contribution in [3.05, 3.63) is 53.9 Å². The molecular weight excluding hydrogens is 373 g/mol. The first-order chi connectivity index (χ1) is 13.3. The van der Waals surface area contributed by atoms with E-state index in [1.165, 1.54) is 19.1 Å². The summed E-state index contributed by atoms with van der Waals surface area (Å²) in [6.45, 7) is 3.17. The Kier molecular flexibility index (Phi) is 6.03. The predicted octanol–water partition coefficient (Wildman–Crippen LogP) is 3.29. The van der Waals surface area contributed by atoms with Crippen LogP contribution in [0.2, 0.25) is 0 Å². The van der Waals surface area contributed by atoms with Gasteiger partial charge in [-0.1, -0.05) is 6.07 Å². The van der Waals surface area contributed by atoms with Crippen molar-refractivity contribution in [3.8, 4) is 5.75 Å². The van der Waals surface area contributed by atoms with Gasteiger partial charge in [0.25, 0.3) is 0 Å². The zero-order chi connectivity index (χ0) is 20.1. The number of carbonyl (C=O) groups excluding carboxylic acids is 1. The summed E-state index contributed by atoms with van der Waals surface area (Å²) in [5.41, 5.74) is -0.550. The summed E-state index contributed by atoms with van der Waals surface area (Å²) >= 11 is 0. The maximum absolute atomic E-state index is 13.1. The number of aromatic nitrogens is 1. The van der Waals surface area contributed by atoms with Crippen LogP contribution >= 0.6 is 0 Å². The van der Waals surface area contributed by atoms with E-state index in [1.807, 2.05) is 0 Å². The molecule has 0 aliphatic carbocycles. The van der Waals surface area contributed by atoms with E-state index in [0.717, 1.165) is 6.07 Å². The summed E-state index contributed by atoms with van der Waals surface area (Å²) in [6.07, 6.45) is -1.27. The Hall–Kier alpha value is -2.81. The van der Waals surface area contributed by atoms with Crippen LogP contribution in [0.3, 0.4) is 0 Å². The van der Waals surface area contributed by atoms with Crippen LogP contribution in [-0.4, -0.2) is 48.2 Å². The number of rotatable bonds is 4. The molecule has 2 amide bonds. The molecule has 1 aromatic heterocycles. The maximum atomic E-state index is 13.1. The number of nitrogens with one attached hydrogen (secondary N) is 2. The van der Waals surface area contributed by atoms with Gasteiger partial charge in [-0.2, -0.15) is 13.2 Å². The molecule has 1 unspecified atom stereocenters. The average Bonchev–Trinajstić information content (AvgIpc) is 2.68. The number of aryl methyl sites for hydroxylation is 1. The lowest BCUT2D eigenvalue weighted by atomic mass is 10.1. The van der Waals surface area contributed by atoms with Crippen LogP contribution in [0.5, 0.6) is 5.75 Å². The number of hydrogen-bond donors (Lipinski definition) is 2. The van der Waals surface area contributed by atoms with Crippen molar-refractivity contribution in [2.45, 2.75) is 19.1 Å². The number of benzene rings is 1. The number of piperazine rings is 1. The average molecular weight is 394 g/mol. The molecule has 150 valence electrons. The van der Waals surface area contributed by atoms with Crippen molar-refractivity contribution in [2.75, 3.05) is 31.6 Å². The van der Waals surface area contributed by atoms with Crippen LogP contribution < -0.4 is 15.4 Å². The highest BCUT2D eigenvalue weighted by atomic mass is 19.4. The van der Waals surface area contributed by atoms with Crippen LogP contribution in [-0.2, 0) is 6.18 Å². The number of anilines is 1. The summed E-state index contributed by atoms with van der Waals surface area (Å²) < 4.78 is 45.0. The van der Waals surface area contributed by atoms with Crippen LogP contribution in [0.4, 0.5) is 23.7 Å². The largest absolute Gasteiger partial charge is 0.490 e. The number of urea groups is 1. The van der Waals surface area contributed by atoms with Gasteiger partial charge in [-0.25, -0.2) is 4.79 Å². The second kappa shape index (κ2) is 8.47. The Morgan fingerprint density at radius 2 is 2.21 bits per heavy atom. The number of ether oxygens (including phenoxy) is 1. The fourth-order valence-electron chi connectivity index (χ4n) is 3.00. The summed E-state index contributed by atoms with van der Waals surface area (Å²) in [5.74, 6) is 0.585. The van der Waals surface area contributed by atoms with Crippen molar-refractivity contribution in [2.24, 2.45) is 0 Å². The molecule has 1 fully saturated rings. The maximum Gasteiger partial charge on any atom is 0.416 e. The molecule has 2 heterocycles. The predicted molar refractivity (Wildman–Crippen MR) is 98.3 cm³/mol. The Labute approximate surface area is 160 Å². The lowest BCUT2D eigenvalue weighted by Gasteiger charge is -2.36. The molecule has 6 nitrogen and oxygen atoms in total. The Morgan fingerprint density at radius 3 is 2.93 bits per heavy atom. The molecular formula is C19H21F3N4O2. The van der Waals surface area contributed by atoms with Crippen molar-refractivity contribution in [1.82, 2.24) is 15.2 Å². The van der Waals surface area contributed by atoms with Gasteiger partial charge in [-0.15, -0.1) is 0 Å². The number of halogens is 3. The van der Waals surface area contributed by atoms with Crippen molar-refractivity contribution in [3.63, 3.8) is 0 Å². The first kappa shape index (κ1) is 19.9. The van der Waals surface area contributed by atoms with Gasteiger partial charge in [0.15, 0.2) is 0 Å². The summed E-state index contributed by atoms with van der Waals surface area (Å²) in [6, 6.07) is 6.55. The molecule has 0 radical (unpaired) electrons. The van der Waals surface area contributed by atoms with Crippen molar-refractivity contribution >= 4 is 11.7 Å². The topological polar surface area (TPSA) is 66.5 Å². The van der Waals surface area contributed by atoms with Gasteiger partial charge in [0, 0.05) is 31.5 Å². The van der Waals surface area contributed by atoms with Crippen molar-refractivity contribution in [1.29, 1.82) is 0 Å². The number of alkyl halides is 3. The van der Waals surface area contributed by atoms with E-state index in [2.05, 4.69) is 15.6 Å². The molecule has 2 N–H and O–H groups in total. The van der Waals surface area contributed by atoms with E-state index in [-0.39, 0.29) is 23.9 Å². The van der Waals surface area contributed by atoms with E-state index < -0.39 is 17.8 Å². The molecule has 2 aromatic rings. The molecule has 1 aliphatic heterocycles. The minimum Gasteiger partial charge on any atom is -0.490 e. The van der Waals surface area contributed by atoms with Crippen LogP contribution in [0, 0.1) is 6.92 Å². The van der Waals surface area contributed by atoms with Crippen LogP contribution in [0.1, 0.15) is 11.1 Å². The van der Waals surface area contributed by atoms with E-state index in [9.17, 15) is 18.0 Å². The molecule has 28 heavy (non-hydrogen) atoms. The van der Waals surface area contributed by atoms with Crippen LogP contribution in [0.25, 0.3) is 0 Å². The second-order valence-electron chi connectivity index (χ2n) is 6.51. The molecule has 0 bridgehead atoms. The van der Waals surface area contributed by atoms with Gasteiger partial charge in [-0.3, -0.25) is 4.98 Å². The summed E-state index contributed by atoms with van der Waals surface area (Å²) in [4.78, 5) is 18.2. The highest BCUT2D eigenvalue weighted by molar-refractivity contribution is 5.89. The molecule has 0 saturated carbocycles. The molecule has 1 atom stereocenters. The number of pyridine rings is 1. The lowest BCUT2D eigenvalue weighted by molar-refractivity contribution is -0.138. The van der Waals surface area contributed by atoms with E-state index in [4.69, 9.17) is 4.74 Å². The highest BCUT2D eigenvalue weighted by Gasteiger charge is 2.33. The summed E-state index contributed by atoms with van der Waals surface area (Å²) in [7, 11) is 0. The lowest BCUT2D eigenvalue weighted by Crippen LogP contribution is -2.57. The first-order valence-electron chi connectivity index (χ1n) is 8.83. The fraction of sp³-hybridized carbons (Fsp3) is 0.368. The number of hydrogen-bond acceptors (Lipinski definition) is 4. The molecule has 1 aromatic carbocycles. The molecule has 0 spiro atoms. The number of nitrogens with zero attached hydrogens (tertiary/aromatic N) is 2. The third-order valence-corrected chi connectivity index (χ3v) is 4.48. The van der Waals surface area contributed by atoms with Gasteiger partial charge in [0.2, 0.25) is 0 Å². The van der Waals surface area contributed by atoms with Gasteiger partial charge < -0.3 is 20.3 Å². The zero-order valence-electron chi connectivity index (χ0n) is 15.3. The Bertz CT molecular complexity index is 815. The highest BCUT2D eigenvalue weighted by Crippen LogP contribution is 2.33. The third-order valence-electron chi connectivity index (χ3n) is 4.48. The third kappa shape index (κ3) is 4.92. The van der Waals surface area contributed by atoms with Crippen molar-refractivity contribution < 1.29 is 22.7 Å². The Balaban J connectivity index is 1.68. The molecule has 3 rings (SSSR count). The van der Waals surface area contributed by atoms with E-state index >= 15 is 0 Å². The monoisotopic (exact) mass is 394 g/mol. The Morgan fingerprint density at radius 1 is 1.39 bits per heavy atom. The van der Waals surface area contributed by atoms with Gasteiger partial charge in [-0.05, 0) is 36.8 Å². The van der Waals surface area contributed by atoms with Crippen LogP contribution in [0.15, 0.2) is 42.7 Å². The molecule has 1 aliphatic rings. The summed E-state index contributed by atoms with van der Waals surface area (Å²) in [5, 5.41) is 5.76. The standard InChI is InChI=1S/C19H21F3N4O2/c1-13-4-5-14(9-17(13)19(20,21)22)25-18(27)26-8-7-24-10-15(26)12-28-16-3-2-6-23-11-16/h2-6,9,11,15,24H,7-8,10,12H2,1H3,(H,25,27). The van der Waals surface area contributed by atoms with E-state index in [0.29, 0.717) is 25.4 Å². The zero-order valence-corrected chi connectivity index (χ0v) is 15.3. The molecule has 1 saturated heterocycles. The fourth-order valence-corrected chi connectivity index (χ4v) is 3.00. The van der Waals surface area contributed by atoms with Gasteiger partial charge in [0.1, 0.15) is 12.4 Å². The first-order valence-corrected chi connectivity index (χ1v) is 8.83.